The summed E-state index contributed by atoms with van der Waals surface area (Å²) in [6.07, 6.45) is 2.17. The van der Waals surface area contributed by atoms with Crippen LogP contribution in [0.25, 0.3) is 0 Å². The van der Waals surface area contributed by atoms with Gasteiger partial charge in [0.05, 0.1) is 30.5 Å². The fraction of sp³-hybridized carbons (Fsp3) is 0.160. The number of carbonyl (C=O) groups excluding carboxylic acids is 2. The highest BCUT2D eigenvalue weighted by Gasteiger charge is 2.12. The van der Waals surface area contributed by atoms with E-state index >= 15 is 0 Å². The molecule has 0 aromatic heterocycles. The summed E-state index contributed by atoms with van der Waals surface area (Å²) in [4.78, 5) is 24.2. The van der Waals surface area contributed by atoms with Gasteiger partial charge in [0, 0.05) is 11.4 Å². The Kier molecular flexibility index (Phi) is 9.31. The predicted molar refractivity (Wildman–Crippen MR) is 131 cm³/mol. The molecule has 0 aliphatic carbocycles. The zero-order valence-electron chi connectivity index (χ0n) is 18.3. The van der Waals surface area contributed by atoms with Crippen molar-refractivity contribution in [1.29, 1.82) is 0 Å². The van der Waals surface area contributed by atoms with Crippen LogP contribution in [-0.4, -0.2) is 31.8 Å². The van der Waals surface area contributed by atoms with Crippen LogP contribution in [0.3, 0.4) is 0 Å². The molecule has 0 heterocycles. The van der Waals surface area contributed by atoms with Gasteiger partial charge < -0.3 is 14.2 Å². The number of benzene rings is 3. The first-order valence-corrected chi connectivity index (χ1v) is 11.1. The lowest BCUT2D eigenvalue weighted by atomic mass is 10.2. The third-order valence-electron chi connectivity index (χ3n) is 4.50. The van der Waals surface area contributed by atoms with Crippen molar-refractivity contribution in [3.05, 3.63) is 87.9 Å². The number of halogens is 2. The van der Waals surface area contributed by atoms with Gasteiger partial charge in [-0.1, -0.05) is 41.4 Å². The zero-order valence-corrected chi connectivity index (χ0v) is 19.8. The lowest BCUT2D eigenvalue weighted by Crippen LogP contribution is -2.18. The number of nitrogens with one attached hydrogen (secondary N) is 1. The average molecular weight is 501 g/mol. The van der Waals surface area contributed by atoms with Crippen molar-refractivity contribution in [2.45, 2.75) is 12.8 Å². The van der Waals surface area contributed by atoms with Gasteiger partial charge in [-0.05, 0) is 60.5 Å². The van der Waals surface area contributed by atoms with Crippen LogP contribution in [0.1, 0.15) is 28.8 Å². The number of amides is 1. The first kappa shape index (κ1) is 25.1. The van der Waals surface area contributed by atoms with E-state index in [1.807, 2.05) is 6.07 Å². The molecule has 0 unspecified atom stereocenters. The van der Waals surface area contributed by atoms with E-state index in [-0.39, 0.29) is 18.1 Å². The van der Waals surface area contributed by atoms with Gasteiger partial charge in [-0.15, -0.1) is 0 Å². The van der Waals surface area contributed by atoms with E-state index < -0.39 is 5.97 Å². The van der Waals surface area contributed by atoms with Crippen LogP contribution in [0.5, 0.6) is 17.2 Å². The minimum atomic E-state index is -0.491. The Morgan fingerprint density at radius 3 is 2.47 bits per heavy atom. The van der Waals surface area contributed by atoms with Crippen LogP contribution in [-0.2, 0) is 4.79 Å². The van der Waals surface area contributed by atoms with E-state index in [0.29, 0.717) is 45.7 Å². The average Bonchev–Trinajstić information content (AvgIpc) is 2.84. The lowest BCUT2D eigenvalue weighted by molar-refractivity contribution is -0.121. The summed E-state index contributed by atoms with van der Waals surface area (Å²) in [6, 6.07) is 18.5. The maximum absolute atomic E-state index is 12.3. The fourth-order valence-electron chi connectivity index (χ4n) is 2.82. The molecule has 0 aliphatic heterocycles. The fourth-order valence-corrected chi connectivity index (χ4v) is 3.29. The number of hydrazone groups is 1. The summed E-state index contributed by atoms with van der Waals surface area (Å²) < 4.78 is 16.3. The Labute approximate surface area is 207 Å². The Bertz CT molecular complexity index is 1170. The smallest absolute Gasteiger partial charge is 0.343 e. The van der Waals surface area contributed by atoms with Crippen molar-refractivity contribution in [2.75, 3.05) is 13.7 Å². The molecule has 0 spiro atoms. The van der Waals surface area contributed by atoms with E-state index in [1.54, 1.807) is 60.7 Å². The normalized spacial score (nSPS) is 10.7. The number of rotatable bonds is 10. The summed E-state index contributed by atoms with van der Waals surface area (Å²) in [5.74, 6) is 0.393. The van der Waals surface area contributed by atoms with Crippen LogP contribution in [0.15, 0.2) is 71.8 Å². The molecule has 0 saturated carbocycles. The predicted octanol–water partition coefficient (Wildman–Crippen LogP) is 5.53. The molecule has 0 radical (unpaired) electrons. The molecule has 1 amide bonds. The van der Waals surface area contributed by atoms with E-state index in [9.17, 15) is 9.59 Å². The molecular weight excluding hydrogens is 479 g/mol. The van der Waals surface area contributed by atoms with Crippen molar-refractivity contribution in [2.24, 2.45) is 5.10 Å². The van der Waals surface area contributed by atoms with Gasteiger partial charge in [0.2, 0.25) is 5.91 Å². The van der Waals surface area contributed by atoms with Crippen LogP contribution < -0.4 is 19.6 Å². The Hall–Kier alpha value is -3.55. The lowest BCUT2D eigenvalue weighted by Gasteiger charge is -2.10. The van der Waals surface area contributed by atoms with Gasteiger partial charge in [0.1, 0.15) is 5.75 Å². The molecule has 1 N–H and O–H groups in total. The number of carbonyl (C=O) groups is 2. The van der Waals surface area contributed by atoms with Gasteiger partial charge >= 0.3 is 5.97 Å². The largest absolute Gasteiger partial charge is 0.493 e. The quantitative estimate of drug-likeness (QED) is 0.130. The molecular formula is C25H22Cl2N2O5. The highest BCUT2D eigenvalue weighted by molar-refractivity contribution is 6.35. The van der Waals surface area contributed by atoms with Crippen molar-refractivity contribution < 1.29 is 23.8 Å². The standard InChI is InChI=1S/C25H22Cl2N2O5/c1-32-23-14-17(9-11-22(23)34-25(31)18-6-3-2-4-7-18)16-28-29-24(30)8-5-13-33-21-12-10-19(26)15-20(21)27/h2-4,6-7,9-12,14-16H,5,8,13H2,1H3,(H,29,30). The summed E-state index contributed by atoms with van der Waals surface area (Å²) >= 11 is 11.9. The number of hydrogen-bond acceptors (Lipinski definition) is 6. The van der Waals surface area contributed by atoms with Crippen molar-refractivity contribution in [3.8, 4) is 17.2 Å². The molecule has 3 aromatic carbocycles. The molecule has 3 aromatic rings. The topological polar surface area (TPSA) is 86.2 Å². The SMILES string of the molecule is COc1cc(C=NNC(=O)CCCOc2ccc(Cl)cc2Cl)ccc1OC(=O)c1ccccc1. The minimum absolute atomic E-state index is 0.222. The van der Waals surface area contributed by atoms with Gasteiger partial charge in [-0.25, -0.2) is 10.2 Å². The highest BCUT2D eigenvalue weighted by Crippen LogP contribution is 2.29. The third-order valence-corrected chi connectivity index (χ3v) is 5.03. The van der Waals surface area contributed by atoms with Gasteiger partial charge in [0.15, 0.2) is 11.5 Å². The van der Waals surface area contributed by atoms with Crippen LogP contribution in [0.4, 0.5) is 0 Å². The number of ether oxygens (including phenoxy) is 3. The minimum Gasteiger partial charge on any atom is -0.493 e. The van der Waals surface area contributed by atoms with E-state index in [1.165, 1.54) is 13.3 Å². The van der Waals surface area contributed by atoms with Gasteiger partial charge in [-0.3, -0.25) is 4.79 Å². The molecule has 9 heteroatoms. The molecule has 0 saturated heterocycles. The Balaban J connectivity index is 1.46. The number of methoxy groups -OCH3 is 1. The maximum atomic E-state index is 12.3. The molecule has 3 rings (SSSR count). The van der Waals surface area contributed by atoms with Crippen LogP contribution in [0, 0.1) is 0 Å². The van der Waals surface area contributed by atoms with E-state index in [0.717, 1.165) is 0 Å². The molecule has 0 aliphatic rings. The number of hydrogen-bond donors (Lipinski definition) is 1. The summed E-state index contributed by atoms with van der Waals surface area (Å²) in [6.45, 7) is 0.318. The summed E-state index contributed by atoms with van der Waals surface area (Å²) in [7, 11) is 1.47. The second kappa shape index (κ2) is 12.6. The van der Waals surface area contributed by atoms with Crippen LogP contribution >= 0.6 is 23.2 Å². The first-order valence-electron chi connectivity index (χ1n) is 10.3. The third kappa shape index (κ3) is 7.50. The summed E-state index contributed by atoms with van der Waals surface area (Å²) in [5.41, 5.74) is 3.54. The molecule has 7 nitrogen and oxygen atoms in total. The Morgan fingerprint density at radius 1 is 0.971 bits per heavy atom. The second-order valence-corrected chi connectivity index (χ2v) is 7.83. The highest BCUT2D eigenvalue weighted by atomic mass is 35.5. The number of esters is 1. The Morgan fingerprint density at radius 2 is 1.74 bits per heavy atom. The molecule has 0 fully saturated rings. The van der Waals surface area contributed by atoms with E-state index in [4.69, 9.17) is 37.4 Å². The van der Waals surface area contributed by atoms with Gasteiger partial charge in [0.25, 0.3) is 0 Å². The second-order valence-electron chi connectivity index (χ2n) is 6.99. The van der Waals surface area contributed by atoms with Crippen molar-refractivity contribution >= 4 is 41.3 Å². The van der Waals surface area contributed by atoms with Crippen molar-refractivity contribution in [1.82, 2.24) is 5.43 Å². The zero-order chi connectivity index (χ0) is 24.3. The molecule has 34 heavy (non-hydrogen) atoms. The van der Waals surface area contributed by atoms with Gasteiger partial charge in [-0.2, -0.15) is 5.10 Å². The molecule has 176 valence electrons. The van der Waals surface area contributed by atoms with Crippen molar-refractivity contribution in [3.63, 3.8) is 0 Å². The van der Waals surface area contributed by atoms with E-state index in [2.05, 4.69) is 10.5 Å². The first-order chi connectivity index (χ1) is 16.5. The number of nitrogens with zero attached hydrogens (tertiary/aromatic N) is 1. The van der Waals surface area contributed by atoms with Crippen LogP contribution in [0.2, 0.25) is 10.0 Å². The monoisotopic (exact) mass is 500 g/mol. The molecule has 0 bridgehead atoms. The maximum Gasteiger partial charge on any atom is 0.343 e. The molecule has 0 atom stereocenters. The summed E-state index contributed by atoms with van der Waals surface area (Å²) in [5, 5.41) is 4.89.